The highest BCUT2D eigenvalue weighted by Gasteiger charge is 2.16. The highest BCUT2D eigenvalue weighted by Crippen LogP contribution is 2.34. The van der Waals surface area contributed by atoms with Crippen LogP contribution in [-0.2, 0) is 0 Å². The Labute approximate surface area is 107 Å². The molecule has 0 aliphatic heterocycles. The van der Waals surface area contributed by atoms with Crippen molar-refractivity contribution in [1.29, 1.82) is 0 Å². The highest BCUT2D eigenvalue weighted by atomic mass is 19.1. The normalized spacial score (nSPS) is 13.3. The van der Waals surface area contributed by atoms with Crippen molar-refractivity contribution in [3.8, 4) is 11.5 Å². The minimum atomic E-state index is -0.0280. The molecule has 1 atom stereocenters. The number of halogens is 1. The van der Waals surface area contributed by atoms with E-state index in [9.17, 15) is 4.39 Å². The molecular formula is C14H20FNO2. The van der Waals surface area contributed by atoms with Crippen LogP contribution in [0.25, 0.3) is 0 Å². The van der Waals surface area contributed by atoms with Gasteiger partial charge in [-0.1, -0.05) is 13.0 Å². The summed E-state index contributed by atoms with van der Waals surface area (Å²) in [4.78, 5) is 0. The van der Waals surface area contributed by atoms with Crippen molar-refractivity contribution < 1.29 is 13.9 Å². The topological polar surface area (TPSA) is 44.5 Å². The van der Waals surface area contributed by atoms with Gasteiger partial charge in [-0.3, -0.25) is 0 Å². The SMILES string of the molecule is CCC(/C(=C\F)CN)c1ccc(OC)c(OC)c1. The van der Waals surface area contributed by atoms with E-state index in [1.807, 2.05) is 25.1 Å². The highest BCUT2D eigenvalue weighted by molar-refractivity contribution is 5.45. The Kier molecular flexibility index (Phi) is 5.65. The van der Waals surface area contributed by atoms with Crippen molar-refractivity contribution in [2.24, 2.45) is 5.73 Å². The first-order valence-electron chi connectivity index (χ1n) is 5.92. The number of methoxy groups -OCH3 is 2. The average molecular weight is 253 g/mol. The largest absolute Gasteiger partial charge is 0.493 e. The fraction of sp³-hybridized carbons (Fsp3) is 0.429. The first kappa shape index (κ1) is 14.5. The zero-order valence-corrected chi connectivity index (χ0v) is 11.1. The third-order valence-corrected chi connectivity index (χ3v) is 3.04. The molecule has 0 aliphatic rings. The second-order valence-electron chi connectivity index (χ2n) is 3.96. The van der Waals surface area contributed by atoms with E-state index in [1.54, 1.807) is 14.2 Å². The summed E-state index contributed by atoms with van der Waals surface area (Å²) < 4.78 is 23.2. The second-order valence-corrected chi connectivity index (χ2v) is 3.96. The van der Waals surface area contributed by atoms with Crippen LogP contribution in [0.5, 0.6) is 11.5 Å². The van der Waals surface area contributed by atoms with Gasteiger partial charge >= 0.3 is 0 Å². The molecule has 1 aromatic rings. The molecule has 0 saturated heterocycles. The lowest BCUT2D eigenvalue weighted by Crippen LogP contribution is -2.11. The quantitative estimate of drug-likeness (QED) is 0.847. The van der Waals surface area contributed by atoms with E-state index in [-0.39, 0.29) is 12.5 Å². The summed E-state index contributed by atoms with van der Waals surface area (Å²) in [6.07, 6.45) is 1.38. The van der Waals surface area contributed by atoms with E-state index in [2.05, 4.69) is 0 Å². The van der Waals surface area contributed by atoms with Crippen LogP contribution in [0.4, 0.5) is 4.39 Å². The van der Waals surface area contributed by atoms with Gasteiger partial charge in [0, 0.05) is 12.5 Å². The Morgan fingerprint density at radius 1 is 1.33 bits per heavy atom. The molecule has 0 fully saturated rings. The fourth-order valence-corrected chi connectivity index (χ4v) is 2.04. The molecule has 1 rings (SSSR count). The van der Waals surface area contributed by atoms with Crippen LogP contribution in [0.1, 0.15) is 24.8 Å². The Balaban J connectivity index is 3.14. The van der Waals surface area contributed by atoms with E-state index in [0.29, 0.717) is 23.4 Å². The van der Waals surface area contributed by atoms with Crippen LogP contribution in [0, 0.1) is 0 Å². The number of rotatable bonds is 6. The Morgan fingerprint density at radius 3 is 2.44 bits per heavy atom. The minimum Gasteiger partial charge on any atom is -0.493 e. The number of hydrogen-bond donors (Lipinski definition) is 1. The van der Waals surface area contributed by atoms with E-state index in [1.165, 1.54) is 0 Å². The molecule has 2 N–H and O–H groups in total. The molecule has 0 aromatic heterocycles. The molecule has 4 heteroatoms. The Morgan fingerprint density at radius 2 is 2.00 bits per heavy atom. The van der Waals surface area contributed by atoms with Gasteiger partial charge in [0.1, 0.15) is 0 Å². The lowest BCUT2D eigenvalue weighted by Gasteiger charge is -2.19. The van der Waals surface area contributed by atoms with Gasteiger partial charge in [0.05, 0.1) is 20.5 Å². The van der Waals surface area contributed by atoms with Crippen LogP contribution in [0.2, 0.25) is 0 Å². The molecule has 3 nitrogen and oxygen atoms in total. The van der Waals surface area contributed by atoms with Gasteiger partial charge in [-0.05, 0) is 29.7 Å². The van der Waals surface area contributed by atoms with Crippen molar-refractivity contribution in [3.05, 3.63) is 35.7 Å². The lowest BCUT2D eigenvalue weighted by atomic mass is 9.89. The predicted octanol–water partition coefficient (Wildman–Crippen LogP) is 3.01. The van der Waals surface area contributed by atoms with Gasteiger partial charge in [0.2, 0.25) is 0 Å². The van der Waals surface area contributed by atoms with Gasteiger partial charge in [-0.25, -0.2) is 4.39 Å². The smallest absolute Gasteiger partial charge is 0.161 e. The summed E-state index contributed by atoms with van der Waals surface area (Å²) in [5.74, 6) is 1.28. The standard InChI is InChI=1S/C14H20FNO2/c1-4-12(11(8-15)9-16)10-5-6-13(17-2)14(7-10)18-3/h5-8,12H,4,9,16H2,1-3H3/b11-8-. The van der Waals surface area contributed by atoms with Gasteiger partial charge < -0.3 is 15.2 Å². The summed E-state index contributed by atoms with van der Waals surface area (Å²) in [6.45, 7) is 2.21. The molecular weight excluding hydrogens is 233 g/mol. The zero-order chi connectivity index (χ0) is 13.5. The van der Waals surface area contributed by atoms with E-state index in [0.717, 1.165) is 12.0 Å². The first-order chi connectivity index (χ1) is 8.71. The molecule has 0 aliphatic carbocycles. The maximum atomic E-state index is 12.8. The number of ether oxygens (including phenoxy) is 2. The summed E-state index contributed by atoms with van der Waals surface area (Å²) in [5, 5.41) is 0. The molecule has 0 saturated carbocycles. The molecule has 0 spiro atoms. The van der Waals surface area contributed by atoms with E-state index < -0.39 is 0 Å². The monoisotopic (exact) mass is 253 g/mol. The van der Waals surface area contributed by atoms with Crippen molar-refractivity contribution in [1.82, 2.24) is 0 Å². The van der Waals surface area contributed by atoms with Crippen molar-refractivity contribution in [3.63, 3.8) is 0 Å². The average Bonchev–Trinajstić information content (AvgIpc) is 2.43. The van der Waals surface area contributed by atoms with Crippen molar-refractivity contribution >= 4 is 0 Å². The van der Waals surface area contributed by atoms with Crippen molar-refractivity contribution in [2.45, 2.75) is 19.3 Å². The number of benzene rings is 1. The van der Waals surface area contributed by atoms with E-state index >= 15 is 0 Å². The van der Waals surface area contributed by atoms with E-state index in [4.69, 9.17) is 15.2 Å². The predicted molar refractivity (Wildman–Crippen MR) is 70.8 cm³/mol. The zero-order valence-electron chi connectivity index (χ0n) is 11.1. The summed E-state index contributed by atoms with van der Waals surface area (Å²) in [5.41, 5.74) is 7.12. The van der Waals surface area contributed by atoms with Crippen LogP contribution >= 0.6 is 0 Å². The molecule has 0 bridgehead atoms. The summed E-state index contributed by atoms with van der Waals surface area (Å²) in [6, 6.07) is 5.60. The number of hydrogen-bond acceptors (Lipinski definition) is 3. The van der Waals surface area contributed by atoms with Crippen molar-refractivity contribution in [2.75, 3.05) is 20.8 Å². The third kappa shape index (κ3) is 3.01. The van der Waals surface area contributed by atoms with Crippen LogP contribution in [0.3, 0.4) is 0 Å². The maximum Gasteiger partial charge on any atom is 0.161 e. The van der Waals surface area contributed by atoms with Crippen LogP contribution in [-0.4, -0.2) is 20.8 Å². The molecule has 1 unspecified atom stereocenters. The van der Waals surface area contributed by atoms with Crippen LogP contribution in [0.15, 0.2) is 30.1 Å². The first-order valence-corrected chi connectivity index (χ1v) is 5.92. The molecule has 18 heavy (non-hydrogen) atoms. The molecule has 0 amide bonds. The fourth-order valence-electron chi connectivity index (χ4n) is 2.04. The second kappa shape index (κ2) is 7.01. The van der Waals surface area contributed by atoms with Gasteiger partial charge in [0.25, 0.3) is 0 Å². The van der Waals surface area contributed by atoms with Gasteiger partial charge in [0.15, 0.2) is 11.5 Å². The van der Waals surface area contributed by atoms with Crippen LogP contribution < -0.4 is 15.2 Å². The maximum absolute atomic E-state index is 12.8. The lowest BCUT2D eigenvalue weighted by molar-refractivity contribution is 0.354. The Bertz CT molecular complexity index is 418. The molecule has 1 aromatic carbocycles. The summed E-state index contributed by atoms with van der Waals surface area (Å²) >= 11 is 0. The number of nitrogens with two attached hydrogens (primary N) is 1. The third-order valence-electron chi connectivity index (χ3n) is 3.04. The Hall–Kier alpha value is -1.55. The summed E-state index contributed by atoms with van der Waals surface area (Å²) in [7, 11) is 3.17. The van der Waals surface area contributed by atoms with Gasteiger partial charge in [-0.15, -0.1) is 0 Å². The van der Waals surface area contributed by atoms with Gasteiger partial charge in [-0.2, -0.15) is 0 Å². The molecule has 0 heterocycles. The minimum absolute atomic E-state index is 0.0280. The molecule has 100 valence electrons. The molecule has 0 radical (unpaired) electrons.